The van der Waals surface area contributed by atoms with Crippen molar-refractivity contribution in [1.29, 1.82) is 0 Å². The molecule has 0 radical (unpaired) electrons. The minimum atomic E-state index is -0.177. The van der Waals surface area contributed by atoms with Gasteiger partial charge in [-0.25, -0.2) is 0 Å². The molecule has 1 rings (SSSR count). The van der Waals surface area contributed by atoms with Gasteiger partial charge in [0.25, 0.3) is 0 Å². The first-order chi connectivity index (χ1) is 7.99. The van der Waals surface area contributed by atoms with Crippen LogP contribution in [0.1, 0.15) is 19.4 Å². The Kier molecular flexibility index (Phi) is 5.48. The van der Waals surface area contributed by atoms with Gasteiger partial charge in [-0.15, -0.1) is 0 Å². The summed E-state index contributed by atoms with van der Waals surface area (Å²) in [7, 11) is 0. The average molecular weight is 300 g/mol. The zero-order valence-corrected chi connectivity index (χ0v) is 12.0. The lowest BCUT2D eigenvalue weighted by Crippen LogP contribution is -2.39. The predicted octanol–water partition coefficient (Wildman–Crippen LogP) is 2.66. The molecule has 0 aliphatic carbocycles. The number of alkyl halides is 1. The van der Waals surface area contributed by atoms with Crippen LogP contribution in [0.25, 0.3) is 0 Å². The van der Waals surface area contributed by atoms with E-state index in [1.54, 1.807) is 6.92 Å². The molecule has 0 saturated heterocycles. The SMILES string of the molecule is Cc1ccc(OCC(C)NC(=O)C(C)Br)cc1. The van der Waals surface area contributed by atoms with Gasteiger partial charge in [0.05, 0.1) is 10.9 Å². The molecule has 2 atom stereocenters. The molecular formula is C13H18BrNO2. The molecule has 0 saturated carbocycles. The molecule has 0 fully saturated rings. The Hall–Kier alpha value is -1.03. The van der Waals surface area contributed by atoms with E-state index in [-0.39, 0.29) is 16.8 Å². The molecule has 3 nitrogen and oxygen atoms in total. The third-order valence-electron chi connectivity index (χ3n) is 2.27. The van der Waals surface area contributed by atoms with Crippen LogP contribution in [0.2, 0.25) is 0 Å². The van der Waals surface area contributed by atoms with Crippen LogP contribution in [-0.4, -0.2) is 23.4 Å². The van der Waals surface area contributed by atoms with Crippen molar-refractivity contribution < 1.29 is 9.53 Å². The molecule has 1 N–H and O–H groups in total. The van der Waals surface area contributed by atoms with Gasteiger partial charge < -0.3 is 10.1 Å². The summed E-state index contributed by atoms with van der Waals surface area (Å²) >= 11 is 3.22. The average Bonchev–Trinajstić information content (AvgIpc) is 2.28. The number of ether oxygens (including phenoxy) is 1. The van der Waals surface area contributed by atoms with Gasteiger partial charge in [0, 0.05) is 0 Å². The van der Waals surface area contributed by atoms with Gasteiger partial charge in [0.2, 0.25) is 5.91 Å². The third kappa shape index (κ3) is 5.22. The highest BCUT2D eigenvalue weighted by Crippen LogP contribution is 2.11. The molecule has 1 aromatic rings. The number of benzene rings is 1. The van der Waals surface area contributed by atoms with Crippen LogP contribution in [0.3, 0.4) is 0 Å². The second-order valence-corrected chi connectivity index (χ2v) is 5.52. The first-order valence-corrected chi connectivity index (χ1v) is 6.54. The lowest BCUT2D eigenvalue weighted by molar-refractivity contribution is -0.120. The summed E-state index contributed by atoms with van der Waals surface area (Å²) in [6, 6.07) is 7.84. The molecule has 0 aliphatic heterocycles. The number of amides is 1. The van der Waals surface area contributed by atoms with E-state index in [2.05, 4.69) is 21.2 Å². The fourth-order valence-electron chi connectivity index (χ4n) is 1.26. The van der Waals surface area contributed by atoms with Crippen LogP contribution >= 0.6 is 15.9 Å². The summed E-state index contributed by atoms with van der Waals surface area (Å²) in [6.45, 7) is 6.21. The van der Waals surface area contributed by atoms with Crippen molar-refractivity contribution in [1.82, 2.24) is 5.32 Å². The summed E-state index contributed by atoms with van der Waals surface area (Å²) < 4.78 is 5.57. The summed E-state index contributed by atoms with van der Waals surface area (Å²) in [4.78, 5) is 11.2. The van der Waals surface area contributed by atoms with E-state index >= 15 is 0 Å². The monoisotopic (exact) mass is 299 g/mol. The van der Waals surface area contributed by atoms with Crippen molar-refractivity contribution in [3.05, 3.63) is 29.8 Å². The number of nitrogens with one attached hydrogen (secondary N) is 1. The molecule has 0 spiro atoms. The van der Waals surface area contributed by atoms with Crippen molar-refractivity contribution in [3.63, 3.8) is 0 Å². The van der Waals surface area contributed by atoms with E-state index < -0.39 is 0 Å². The Morgan fingerprint density at radius 1 is 1.35 bits per heavy atom. The van der Waals surface area contributed by atoms with E-state index in [1.807, 2.05) is 38.1 Å². The highest BCUT2D eigenvalue weighted by Gasteiger charge is 2.12. The van der Waals surface area contributed by atoms with Gasteiger partial charge in [-0.3, -0.25) is 4.79 Å². The van der Waals surface area contributed by atoms with Crippen LogP contribution in [0.4, 0.5) is 0 Å². The highest BCUT2D eigenvalue weighted by molar-refractivity contribution is 9.10. The zero-order valence-electron chi connectivity index (χ0n) is 10.4. The standard InChI is InChI=1S/C13H18BrNO2/c1-9-4-6-12(7-5-9)17-8-10(2)15-13(16)11(3)14/h4-7,10-11H,8H2,1-3H3,(H,15,16). The van der Waals surface area contributed by atoms with Gasteiger partial charge in [0.1, 0.15) is 12.4 Å². The normalized spacial score (nSPS) is 13.9. The van der Waals surface area contributed by atoms with Crippen molar-refractivity contribution in [2.75, 3.05) is 6.61 Å². The van der Waals surface area contributed by atoms with E-state index in [9.17, 15) is 4.79 Å². The number of carbonyl (C=O) groups is 1. The molecule has 2 unspecified atom stereocenters. The second kappa shape index (κ2) is 6.64. The lowest BCUT2D eigenvalue weighted by atomic mass is 10.2. The van der Waals surface area contributed by atoms with Gasteiger partial charge in [-0.1, -0.05) is 33.6 Å². The largest absolute Gasteiger partial charge is 0.491 e. The van der Waals surface area contributed by atoms with E-state index in [1.165, 1.54) is 5.56 Å². The molecule has 4 heteroatoms. The molecular weight excluding hydrogens is 282 g/mol. The molecule has 0 aliphatic rings. The topological polar surface area (TPSA) is 38.3 Å². The van der Waals surface area contributed by atoms with Crippen LogP contribution in [0.15, 0.2) is 24.3 Å². The van der Waals surface area contributed by atoms with Crippen molar-refractivity contribution in [2.45, 2.75) is 31.6 Å². The van der Waals surface area contributed by atoms with Gasteiger partial charge in [-0.2, -0.15) is 0 Å². The first kappa shape index (κ1) is 14.0. The second-order valence-electron chi connectivity index (χ2n) is 4.15. The van der Waals surface area contributed by atoms with Crippen LogP contribution in [0, 0.1) is 6.92 Å². The van der Waals surface area contributed by atoms with Crippen LogP contribution < -0.4 is 10.1 Å². The van der Waals surface area contributed by atoms with E-state index in [4.69, 9.17) is 4.74 Å². The Morgan fingerprint density at radius 3 is 2.47 bits per heavy atom. The maximum absolute atomic E-state index is 11.4. The predicted molar refractivity (Wildman–Crippen MR) is 72.7 cm³/mol. The molecule has 0 aromatic heterocycles. The van der Waals surface area contributed by atoms with Crippen molar-refractivity contribution in [2.24, 2.45) is 0 Å². The summed E-state index contributed by atoms with van der Waals surface area (Å²) in [5, 5.41) is 2.85. The number of halogens is 1. The maximum Gasteiger partial charge on any atom is 0.233 e. The summed E-state index contributed by atoms with van der Waals surface area (Å²) in [6.07, 6.45) is 0. The van der Waals surface area contributed by atoms with Crippen LogP contribution in [-0.2, 0) is 4.79 Å². The van der Waals surface area contributed by atoms with E-state index in [0.717, 1.165) is 5.75 Å². The number of carbonyl (C=O) groups excluding carboxylic acids is 1. The molecule has 0 heterocycles. The van der Waals surface area contributed by atoms with Gasteiger partial charge in [-0.05, 0) is 32.9 Å². The Balaban J connectivity index is 2.35. The smallest absolute Gasteiger partial charge is 0.233 e. The minimum absolute atomic E-state index is 0.0104. The van der Waals surface area contributed by atoms with Crippen LogP contribution in [0.5, 0.6) is 5.75 Å². The quantitative estimate of drug-likeness (QED) is 0.849. The summed E-state index contributed by atoms with van der Waals surface area (Å²) in [5.74, 6) is 0.800. The molecule has 94 valence electrons. The summed E-state index contributed by atoms with van der Waals surface area (Å²) in [5.41, 5.74) is 1.20. The molecule has 17 heavy (non-hydrogen) atoms. The minimum Gasteiger partial charge on any atom is -0.491 e. The Labute approximate surface area is 111 Å². The van der Waals surface area contributed by atoms with Crippen molar-refractivity contribution >= 4 is 21.8 Å². The number of hydrogen-bond acceptors (Lipinski definition) is 2. The Bertz CT molecular complexity index is 362. The first-order valence-electron chi connectivity index (χ1n) is 5.63. The number of aryl methyl sites for hydroxylation is 1. The maximum atomic E-state index is 11.4. The zero-order chi connectivity index (χ0) is 12.8. The fourth-order valence-corrected chi connectivity index (χ4v) is 1.39. The number of rotatable bonds is 5. The molecule has 1 amide bonds. The molecule has 0 bridgehead atoms. The van der Waals surface area contributed by atoms with Gasteiger partial charge >= 0.3 is 0 Å². The van der Waals surface area contributed by atoms with E-state index in [0.29, 0.717) is 6.61 Å². The Morgan fingerprint density at radius 2 is 1.94 bits per heavy atom. The number of hydrogen-bond donors (Lipinski definition) is 1. The molecule has 1 aromatic carbocycles. The van der Waals surface area contributed by atoms with Gasteiger partial charge in [0.15, 0.2) is 0 Å². The van der Waals surface area contributed by atoms with Crippen molar-refractivity contribution in [3.8, 4) is 5.75 Å². The fraction of sp³-hybridized carbons (Fsp3) is 0.462. The highest BCUT2D eigenvalue weighted by atomic mass is 79.9. The lowest BCUT2D eigenvalue weighted by Gasteiger charge is -2.16. The third-order valence-corrected chi connectivity index (χ3v) is 2.69.